The molecular formula is C16H21N3O. The van der Waals surface area contributed by atoms with E-state index < -0.39 is 0 Å². The first kappa shape index (κ1) is 14.3. The van der Waals surface area contributed by atoms with Gasteiger partial charge < -0.3 is 10.6 Å². The van der Waals surface area contributed by atoms with Crippen LogP contribution in [0.15, 0.2) is 30.3 Å². The predicted molar refractivity (Wildman–Crippen MR) is 83.1 cm³/mol. The fraction of sp³-hybridized carbons (Fsp3) is 0.375. The van der Waals surface area contributed by atoms with E-state index in [4.69, 9.17) is 0 Å². The Balaban J connectivity index is 2.46. The van der Waals surface area contributed by atoms with E-state index in [2.05, 4.69) is 22.5 Å². The summed E-state index contributed by atoms with van der Waals surface area (Å²) in [6.07, 6.45) is 1.02. The first-order valence-corrected chi connectivity index (χ1v) is 7.06. The Morgan fingerprint density at radius 2 is 2.05 bits per heavy atom. The highest BCUT2D eigenvalue weighted by Gasteiger charge is 2.13. The van der Waals surface area contributed by atoms with Crippen molar-refractivity contribution in [3.05, 3.63) is 35.9 Å². The lowest BCUT2D eigenvalue weighted by Crippen LogP contribution is -2.30. The molecule has 20 heavy (non-hydrogen) atoms. The van der Waals surface area contributed by atoms with Crippen LogP contribution in [-0.4, -0.2) is 23.5 Å². The van der Waals surface area contributed by atoms with Crippen LogP contribution < -0.4 is 10.6 Å². The normalized spacial score (nSPS) is 10.8. The van der Waals surface area contributed by atoms with Crippen molar-refractivity contribution in [2.24, 2.45) is 0 Å². The van der Waals surface area contributed by atoms with Crippen LogP contribution in [-0.2, 0) is 0 Å². The molecule has 0 aliphatic heterocycles. The molecule has 0 aliphatic rings. The third-order valence-electron chi connectivity index (χ3n) is 2.94. The topological polar surface area (TPSA) is 54.0 Å². The van der Waals surface area contributed by atoms with E-state index in [-0.39, 0.29) is 11.9 Å². The van der Waals surface area contributed by atoms with Crippen molar-refractivity contribution in [3.8, 4) is 0 Å². The Labute approximate surface area is 119 Å². The molecule has 0 radical (unpaired) electrons. The van der Waals surface area contributed by atoms with E-state index in [1.807, 2.05) is 44.2 Å². The zero-order valence-electron chi connectivity index (χ0n) is 12.2. The lowest BCUT2D eigenvalue weighted by Gasteiger charge is -2.12. The van der Waals surface area contributed by atoms with Crippen molar-refractivity contribution < 1.29 is 4.79 Å². The molecule has 1 aromatic carbocycles. The summed E-state index contributed by atoms with van der Waals surface area (Å²) in [6.45, 7) is 6.85. The number of para-hydroxylation sites is 1. The van der Waals surface area contributed by atoms with E-state index in [1.54, 1.807) is 0 Å². The second-order valence-corrected chi connectivity index (χ2v) is 5.13. The quantitative estimate of drug-likeness (QED) is 0.878. The second kappa shape index (κ2) is 6.37. The number of aromatic nitrogens is 1. The summed E-state index contributed by atoms with van der Waals surface area (Å²) in [5, 5.41) is 7.07. The van der Waals surface area contributed by atoms with Crippen molar-refractivity contribution in [1.82, 2.24) is 10.3 Å². The van der Waals surface area contributed by atoms with E-state index in [1.165, 1.54) is 0 Å². The Kier molecular flexibility index (Phi) is 4.56. The highest BCUT2D eigenvalue weighted by Crippen LogP contribution is 2.21. The highest BCUT2D eigenvalue weighted by atomic mass is 16.1. The lowest BCUT2D eigenvalue weighted by atomic mass is 10.1. The average Bonchev–Trinajstić information content (AvgIpc) is 2.43. The molecule has 0 aliphatic carbocycles. The minimum atomic E-state index is -0.0573. The number of carbonyl (C=O) groups excluding carboxylic acids is 1. The van der Waals surface area contributed by atoms with Gasteiger partial charge in [0, 0.05) is 18.0 Å². The number of nitrogens with one attached hydrogen (secondary N) is 2. The summed E-state index contributed by atoms with van der Waals surface area (Å²) in [5.74, 6) is 0.692. The van der Waals surface area contributed by atoms with Crippen LogP contribution in [0.4, 0.5) is 5.82 Å². The summed E-state index contributed by atoms with van der Waals surface area (Å²) >= 11 is 0. The third-order valence-corrected chi connectivity index (χ3v) is 2.94. The standard InChI is InChI=1S/C16H21N3O/c1-4-9-17-15-10-13(16(20)18-11(2)3)12-7-5-6-8-14(12)19-15/h5-8,10-11H,4,9H2,1-3H3,(H,17,19)(H,18,20). The maximum Gasteiger partial charge on any atom is 0.252 e. The van der Waals surface area contributed by atoms with Gasteiger partial charge in [0.05, 0.1) is 11.1 Å². The number of nitrogens with zero attached hydrogens (tertiary/aromatic N) is 1. The maximum atomic E-state index is 12.3. The molecule has 0 bridgehead atoms. The molecule has 0 saturated carbocycles. The van der Waals surface area contributed by atoms with Gasteiger partial charge in [0.2, 0.25) is 0 Å². The molecule has 106 valence electrons. The lowest BCUT2D eigenvalue weighted by molar-refractivity contribution is 0.0945. The number of pyridine rings is 1. The van der Waals surface area contributed by atoms with Gasteiger partial charge in [0.1, 0.15) is 5.82 Å². The molecule has 0 atom stereocenters. The zero-order valence-corrected chi connectivity index (χ0v) is 12.2. The molecule has 2 N–H and O–H groups in total. The number of benzene rings is 1. The van der Waals surface area contributed by atoms with Gasteiger partial charge in [0.15, 0.2) is 0 Å². The van der Waals surface area contributed by atoms with Gasteiger partial charge in [-0.25, -0.2) is 4.98 Å². The van der Waals surface area contributed by atoms with E-state index in [0.717, 1.165) is 29.7 Å². The smallest absolute Gasteiger partial charge is 0.252 e. The van der Waals surface area contributed by atoms with E-state index in [0.29, 0.717) is 5.56 Å². The molecule has 0 saturated heterocycles. The van der Waals surface area contributed by atoms with Crippen LogP contribution in [0.5, 0.6) is 0 Å². The molecule has 4 nitrogen and oxygen atoms in total. The third kappa shape index (κ3) is 3.26. The second-order valence-electron chi connectivity index (χ2n) is 5.13. The summed E-state index contributed by atoms with van der Waals surface area (Å²) in [5.41, 5.74) is 1.51. The summed E-state index contributed by atoms with van der Waals surface area (Å²) in [7, 11) is 0. The first-order chi connectivity index (χ1) is 9.61. The van der Waals surface area contributed by atoms with Crippen LogP contribution in [0.2, 0.25) is 0 Å². The minimum Gasteiger partial charge on any atom is -0.370 e. The largest absolute Gasteiger partial charge is 0.370 e. The van der Waals surface area contributed by atoms with Crippen molar-refractivity contribution in [1.29, 1.82) is 0 Å². The first-order valence-electron chi connectivity index (χ1n) is 7.06. The molecule has 2 aromatic rings. The number of amides is 1. The van der Waals surface area contributed by atoms with E-state index in [9.17, 15) is 4.79 Å². The number of carbonyl (C=O) groups is 1. The van der Waals surface area contributed by atoms with E-state index >= 15 is 0 Å². The van der Waals surface area contributed by atoms with Gasteiger partial charge in [-0.3, -0.25) is 4.79 Å². The van der Waals surface area contributed by atoms with Crippen LogP contribution in [0, 0.1) is 0 Å². The Hall–Kier alpha value is -2.10. The fourth-order valence-corrected chi connectivity index (χ4v) is 2.05. The number of rotatable bonds is 5. The SMILES string of the molecule is CCCNc1cc(C(=O)NC(C)C)c2ccccc2n1. The van der Waals surface area contributed by atoms with Crippen molar-refractivity contribution in [3.63, 3.8) is 0 Å². The molecule has 0 unspecified atom stereocenters. The zero-order chi connectivity index (χ0) is 14.5. The molecule has 1 aromatic heterocycles. The monoisotopic (exact) mass is 271 g/mol. The van der Waals surface area contributed by atoms with Crippen LogP contribution in [0.3, 0.4) is 0 Å². The molecular weight excluding hydrogens is 250 g/mol. The van der Waals surface area contributed by atoms with Gasteiger partial charge in [-0.2, -0.15) is 0 Å². The molecule has 0 spiro atoms. The van der Waals surface area contributed by atoms with Crippen molar-refractivity contribution in [2.75, 3.05) is 11.9 Å². The number of hydrogen-bond donors (Lipinski definition) is 2. The fourth-order valence-electron chi connectivity index (χ4n) is 2.05. The van der Waals surface area contributed by atoms with Crippen LogP contribution in [0.1, 0.15) is 37.6 Å². The Morgan fingerprint density at radius 1 is 1.30 bits per heavy atom. The van der Waals surface area contributed by atoms with Crippen molar-refractivity contribution >= 4 is 22.6 Å². The van der Waals surface area contributed by atoms with Gasteiger partial charge in [-0.1, -0.05) is 25.1 Å². The number of fused-ring (bicyclic) bond motifs is 1. The summed E-state index contributed by atoms with van der Waals surface area (Å²) in [6, 6.07) is 9.66. The predicted octanol–water partition coefficient (Wildman–Crippen LogP) is 3.19. The highest BCUT2D eigenvalue weighted by molar-refractivity contribution is 6.07. The van der Waals surface area contributed by atoms with Crippen molar-refractivity contribution in [2.45, 2.75) is 33.2 Å². The summed E-state index contributed by atoms with van der Waals surface area (Å²) < 4.78 is 0. The summed E-state index contributed by atoms with van der Waals surface area (Å²) in [4.78, 5) is 16.9. The molecule has 4 heteroatoms. The number of hydrogen-bond acceptors (Lipinski definition) is 3. The molecule has 2 rings (SSSR count). The van der Waals surface area contributed by atoms with Gasteiger partial charge in [-0.15, -0.1) is 0 Å². The average molecular weight is 271 g/mol. The molecule has 1 heterocycles. The minimum absolute atomic E-state index is 0.0573. The number of anilines is 1. The Bertz CT molecular complexity index is 608. The molecule has 0 fully saturated rings. The van der Waals surface area contributed by atoms with Crippen LogP contribution >= 0.6 is 0 Å². The van der Waals surface area contributed by atoms with Gasteiger partial charge in [-0.05, 0) is 32.4 Å². The Morgan fingerprint density at radius 3 is 2.75 bits per heavy atom. The van der Waals surface area contributed by atoms with Gasteiger partial charge in [0.25, 0.3) is 5.91 Å². The maximum absolute atomic E-state index is 12.3. The van der Waals surface area contributed by atoms with Crippen LogP contribution in [0.25, 0.3) is 10.9 Å². The molecule has 1 amide bonds. The van der Waals surface area contributed by atoms with Gasteiger partial charge >= 0.3 is 0 Å².